The third-order valence-electron chi connectivity index (χ3n) is 3.49. The van der Waals surface area contributed by atoms with Crippen molar-refractivity contribution in [1.82, 2.24) is 9.55 Å². The van der Waals surface area contributed by atoms with Gasteiger partial charge in [-0.25, -0.2) is 4.98 Å². The summed E-state index contributed by atoms with van der Waals surface area (Å²) in [7, 11) is 0. The average Bonchev–Trinajstić information content (AvgIpc) is 3.25. The van der Waals surface area contributed by atoms with Crippen LogP contribution >= 0.6 is 0 Å². The van der Waals surface area contributed by atoms with Crippen LogP contribution in [0.5, 0.6) is 11.5 Å². The number of carbonyl (C=O) groups excluding carboxylic acids is 1. The molecular weight excluding hydrogens is 268 g/mol. The number of aldehydes is 1. The highest BCUT2D eigenvalue weighted by Gasteiger charge is 2.25. The van der Waals surface area contributed by atoms with Crippen molar-refractivity contribution < 1.29 is 14.3 Å². The molecule has 0 amide bonds. The molecule has 1 fully saturated rings. The first-order chi connectivity index (χ1) is 10.3. The van der Waals surface area contributed by atoms with Crippen molar-refractivity contribution in [1.29, 1.82) is 0 Å². The minimum atomic E-state index is 0.376. The molecule has 3 rings (SSSR count). The summed E-state index contributed by atoms with van der Waals surface area (Å²) in [4.78, 5) is 15.4. The van der Waals surface area contributed by atoms with E-state index in [0.29, 0.717) is 36.3 Å². The lowest BCUT2D eigenvalue weighted by molar-refractivity contribution is 0.111. The zero-order valence-corrected chi connectivity index (χ0v) is 12.0. The molecule has 5 heteroatoms. The maximum Gasteiger partial charge on any atom is 0.172 e. The number of nitrogens with zero attached hydrogens (tertiary/aromatic N) is 2. The first-order valence-electron chi connectivity index (χ1n) is 7.18. The second kappa shape index (κ2) is 5.99. The standard InChI is InChI=1S/C16H18N2O3/c1-2-20-15-5-3-4-12(9-19)16(15)21-10-14-8-17-11-18(14)13-6-7-13/h3-5,8-9,11,13H,2,6-7,10H2,1H3. The molecule has 0 bridgehead atoms. The molecule has 5 nitrogen and oxygen atoms in total. The van der Waals surface area contributed by atoms with Gasteiger partial charge in [0.15, 0.2) is 17.8 Å². The SMILES string of the molecule is CCOc1cccc(C=O)c1OCc1cncn1C1CC1. The van der Waals surface area contributed by atoms with Gasteiger partial charge in [-0.1, -0.05) is 6.07 Å². The first kappa shape index (κ1) is 13.7. The second-order valence-electron chi connectivity index (χ2n) is 5.04. The number of aromatic nitrogens is 2. The van der Waals surface area contributed by atoms with E-state index in [4.69, 9.17) is 9.47 Å². The van der Waals surface area contributed by atoms with Crippen LogP contribution in [-0.2, 0) is 6.61 Å². The molecule has 0 saturated heterocycles. The van der Waals surface area contributed by atoms with E-state index in [9.17, 15) is 4.79 Å². The highest BCUT2D eigenvalue weighted by atomic mass is 16.5. The Balaban J connectivity index is 1.80. The van der Waals surface area contributed by atoms with E-state index in [1.807, 2.05) is 25.5 Å². The molecular formula is C16H18N2O3. The lowest BCUT2D eigenvalue weighted by Gasteiger charge is -2.14. The zero-order chi connectivity index (χ0) is 14.7. The lowest BCUT2D eigenvalue weighted by Crippen LogP contribution is -2.06. The van der Waals surface area contributed by atoms with Crippen LogP contribution in [0.2, 0.25) is 0 Å². The summed E-state index contributed by atoms with van der Waals surface area (Å²) in [6.07, 6.45) is 6.82. The predicted octanol–water partition coefficient (Wildman–Crippen LogP) is 3.01. The number of hydrogen-bond acceptors (Lipinski definition) is 4. The minimum absolute atomic E-state index is 0.376. The summed E-state index contributed by atoms with van der Waals surface area (Å²) in [5.74, 6) is 1.09. The molecule has 0 radical (unpaired) electrons. The second-order valence-corrected chi connectivity index (χ2v) is 5.04. The number of imidazole rings is 1. The van der Waals surface area contributed by atoms with Gasteiger partial charge in [0.1, 0.15) is 6.61 Å². The summed E-state index contributed by atoms with van der Waals surface area (Å²) in [6.45, 7) is 2.81. The molecule has 1 saturated carbocycles. The number of rotatable bonds is 7. The highest BCUT2D eigenvalue weighted by molar-refractivity contribution is 5.81. The van der Waals surface area contributed by atoms with Gasteiger partial charge in [-0.05, 0) is 31.9 Å². The molecule has 0 N–H and O–H groups in total. The maximum atomic E-state index is 11.2. The van der Waals surface area contributed by atoms with Crippen LogP contribution in [0.1, 0.15) is 41.9 Å². The molecule has 0 atom stereocenters. The van der Waals surface area contributed by atoms with Gasteiger partial charge in [0, 0.05) is 6.04 Å². The van der Waals surface area contributed by atoms with Crippen LogP contribution in [0, 0.1) is 0 Å². The van der Waals surface area contributed by atoms with Crippen molar-refractivity contribution >= 4 is 6.29 Å². The summed E-state index contributed by atoms with van der Waals surface area (Å²) in [5.41, 5.74) is 1.51. The van der Waals surface area contributed by atoms with E-state index in [1.165, 1.54) is 12.8 Å². The summed E-state index contributed by atoms with van der Waals surface area (Å²) >= 11 is 0. The monoisotopic (exact) mass is 286 g/mol. The van der Waals surface area contributed by atoms with E-state index in [-0.39, 0.29) is 0 Å². The van der Waals surface area contributed by atoms with E-state index < -0.39 is 0 Å². The number of benzene rings is 1. The first-order valence-corrected chi connectivity index (χ1v) is 7.18. The van der Waals surface area contributed by atoms with Gasteiger partial charge in [-0.15, -0.1) is 0 Å². The third kappa shape index (κ3) is 2.91. The van der Waals surface area contributed by atoms with Gasteiger partial charge in [-0.2, -0.15) is 0 Å². The van der Waals surface area contributed by atoms with Crippen LogP contribution in [0.25, 0.3) is 0 Å². The van der Waals surface area contributed by atoms with Gasteiger partial charge in [0.2, 0.25) is 0 Å². The lowest BCUT2D eigenvalue weighted by atomic mass is 10.2. The Morgan fingerprint density at radius 3 is 2.95 bits per heavy atom. The van der Waals surface area contributed by atoms with Crippen molar-refractivity contribution in [2.75, 3.05) is 6.61 Å². The molecule has 21 heavy (non-hydrogen) atoms. The molecule has 1 aliphatic rings. The Bertz CT molecular complexity index is 632. The smallest absolute Gasteiger partial charge is 0.172 e. The summed E-state index contributed by atoms with van der Waals surface area (Å²) < 4.78 is 13.5. The van der Waals surface area contributed by atoms with E-state index >= 15 is 0 Å². The fourth-order valence-electron chi connectivity index (χ4n) is 2.32. The molecule has 0 aliphatic heterocycles. The van der Waals surface area contributed by atoms with Gasteiger partial charge < -0.3 is 14.0 Å². The van der Waals surface area contributed by atoms with Crippen LogP contribution in [-0.4, -0.2) is 22.4 Å². The Morgan fingerprint density at radius 2 is 2.24 bits per heavy atom. The van der Waals surface area contributed by atoms with Crippen LogP contribution in [0.3, 0.4) is 0 Å². The Kier molecular flexibility index (Phi) is 3.90. The largest absolute Gasteiger partial charge is 0.490 e. The Hall–Kier alpha value is -2.30. The number of para-hydroxylation sites is 1. The van der Waals surface area contributed by atoms with Gasteiger partial charge >= 0.3 is 0 Å². The van der Waals surface area contributed by atoms with Crippen LogP contribution in [0.15, 0.2) is 30.7 Å². The number of hydrogen-bond donors (Lipinski definition) is 0. The maximum absolute atomic E-state index is 11.2. The Labute approximate surface area is 123 Å². The third-order valence-corrected chi connectivity index (χ3v) is 3.49. The fourth-order valence-corrected chi connectivity index (χ4v) is 2.32. The number of carbonyl (C=O) groups is 1. The predicted molar refractivity (Wildman–Crippen MR) is 77.8 cm³/mol. The molecule has 2 aromatic rings. The normalized spacial score (nSPS) is 14.0. The molecule has 0 unspecified atom stereocenters. The van der Waals surface area contributed by atoms with Gasteiger partial charge in [0.05, 0.1) is 30.4 Å². The van der Waals surface area contributed by atoms with Gasteiger partial charge in [0.25, 0.3) is 0 Å². The van der Waals surface area contributed by atoms with E-state index in [0.717, 1.165) is 12.0 Å². The van der Waals surface area contributed by atoms with Crippen molar-refractivity contribution in [2.24, 2.45) is 0 Å². The van der Waals surface area contributed by atoms with Gasteiger partial charge in [-0.3, -0.25) is 4.79 Å². The molecule has 1 aromatic heterocycles. The molecule has 0 spiro atoms. The molecule has 110 valence electrons. The topological polar surface area (TPSA) is 53.4 Å². The molecule has 1 aliphatic carbocycles. The van der Waals surface area contributed by atoms with Crippen molar-refractivity contribution in [3.8, 4) is 11.5 Å². The zero-order valence-electron chi connectivity index (χ0n) is 12.0. The van der Waals surface area contributed by atoms with Crippen LogP contribution < -0.4 is 9.47 Å². The van der Waals surface area contributed by atoms with Crippen molar-refractivity contribution in [3.63, 3.8) is 0 Å². The average molecular weight is 286 g/mol. The molecule has 1 aromatic carbocycles. The van der Waals surface area contributed by atoms with E-state index in [2.05, 4.69) is 9.55 Å². The van der Waals surface area contributed by atoms with Crippen molar-refractivity contribution in [2.45, 2.75) is 32.4 Å². The summed E-state index contributed by atoms with van der Waals surface area (Å²) in [5, 5.41) is 0. The van der Waals surface area contributed by atoms with E-state index in [1.54, 1.807) is 12.1 Å². The van der Waals surface area contributed by atoms with Crippen molar-refractivity contribution in [3.05, 3.63) is 42.0 Å². The van der Waals surface area contributed by atoms with Crippen LogP contribution in [0.4, 0.5) is 0 Å². The highest BCUT2D eigenvalue weighted by Crippen LogP contribution is 2.36. The Morgan fingerprint density at radius 1 is 1.38 bits per heavy atom. The quantitative estimate of drug-likeness (QED) is 0.734. The molecule has 1 heterocycles. The minimum Gasteiger partial charge on any atom is -0.490 e. The summed E-state index contributed by atoms with van der Waals surface area (Å²) in [6, 6.07) is 5.88. The fraction of sp³-hybridized carbons (Fsp3) is 0.375. The number of ether oxygens (including phenoxy) is 2.